The highest BCUT2D eigenvalue weighted by Gasteiger charge is 2.39. The maximum absolute atomic E-state index is 13.0. The summed E-state index contributed by atoms with van der Waals surface area (Å²) in [5.74, 6) is -1.02. The van der Waals surface area contributed by atoms with Crippen LogP contribution >= 0.6 is 23.2 Å². The summed E-state index contributed by atoms with van der Waals surface area (Å²) in [6.07, 6.45) is 4.35. The second-order valence-corrected chi connectivity index (χ2v) is 9.02. The van der Waals surface area contributed by atoms with Crippen LogP contribution in [0.1, 0.15) is 40.7 Å². The van der Waals surface area contributed by atoms with Crippen molar-refractivity contribution < 1.29 is 19.2 Å². The van der Waals surface area contributed by atoms with Crippen LogP contribution in [0.2, 0.25) is 0 Å². The Bertz CT molecular complexity index is 1070. The normalized spacial score (nSPS) is 22.7. The number of nitrogens with one attached hydrogen (secondary N) is 2. The van der Waals surface area contributed by atoms with Crippen molar-refractivity contribution in [1.29, 1.82) is 0 Å². The number of fused-ring (bicyclic) bond motifs is 1. The van der Waals surface area contributed by atoms with Gasteiger partial charge in [-0.3, -0.25) is 19.7 Å². The molecule has 0 spiro atoms. The lowest BCUT2D eigenvalue weighted by Gasteiger charge is -2.29. The number of piperidine rings is 1. The highest BCUT2D eigenvalue weighted by molar-refractivity contribution is 6.35. The van der Waals surface area contributed by atoms with Gasteiger partial charge in [-0.2, -0.15) is 0 Å². The summed E-state index contributed by atoms with van der Waals surface area (Å²) >= 11 is 12.1. The molecule has 32 heavy (non-hydrogen) atoms. The number of imide groups is 1. The predicted octanol–water partition coefficient (Wildman–Crippen LogP) is 2.61. The Morgan fingerprint density at radius 2 is 2.06 bits per heavy atom. The van der Waals surface area contributed by atoms with Crippen LogP contribution in [0.3, 0.4) is 0 Å². The lowest BCUT2D eigenvalue weighted by atomic mass is 10.0. The van der Waals surface area contributed by atoms with Gasteiger partial charge in [0, 0.05) is 48.6 Å². The van der Waals surface area contributed by atoms with Crippen LogP contribution in [0.15, 0.2) is 40.4 Å². The fraction of sp³-hybridized carbons (Fsp3) is 0.364. The number of rotatable bonds is 4. The van der Waals surface area contributed by atoms with Crippen LogP contribution in [-0.4, -0.2) is 52.7 Å². The van der Waals surface area contributed by atoms with Gasteiger partial charge in [-0.25, -0.2) is 4.79 Å². The van der Waals surface area contributed by atoms with Crippen molar-refractivity contribution in [2.45, 2.75) is 44.4 Å². The van der Waals surface area contributed by atoms with E-state index in [9.17, 15) is 19.2 Å². The van der Waals surface area contributed by atoms with Crippen LogP contribution in [0.25, 0.3) is 0 Å². The molecule has 5 amide bonds. The minimum atomic E-state index is -0.679. The second-order valence-electron chi connectivity index (χ2n) is 8.10. The molecule has 0 bridgehead atoms. The molecule has 0 radical (unpaired) electrons. The number of carbonyl (C=O) groups is 4. The van der Waals surface area contributed by atoms with E-state index in [2.05, 4.69) is 10.6 Å². The van der Waals surface area contributed by atoms with Gasteiger partial charge >= 0.3 is 6.03 Å². The smallest absolute Gasteiger partial charge is 0.317 e. The van der Waals surface area contributed by atoms with Gasteiger partial charge in [0.15, 0.2) is 0 Å². The first kappa shape index (κ1) is 22.4. The van der Waals surface area contributed by atoms with E-state index in [4.69, 9.17) is 23.2 Å². The number of hydrogen-bond donors (Lipinski definition) is 2. The monoisotopic (exact) mass is 476 g/mol. The van der Waals surface area contributed by atoms with Crippen molar-refractivity contribution in [3.63, 3.8) is 0 Å². The fourth-order valence-electron chi connectivity index (χ4n) is 4.20. The highest BCUT2D eigenvalue weighted by atomic mass is 35.5. The van der Waals surface area contributed by atoms with Crippen LogP contribution in [-0.2, 0) is 22.7 Å². The van der Waals surface area contributed by atoms with Crippen LogP contribution < -0.4 is 10.6 Å². The van der Waals surface area contributed by atoms with Crippen molar-refractivity contribution in [3.05, 3.63) is 57.1 Å². The minimum Gasteiger partial charge on any atom is -0.331 e. The van der Waals surface area contributed by atoms with Crippen molar-refractivity contribution in [2.24, 2.45) is 0 Å². The molecule has 1 aromatic carbocycles. The van der Waals surface area contributed by atoms with E-state index in [1.807, 2.05) is 6.07 Å². The molecule has 1 saturated heterocycles. The summed E-state index contributed by atoms with van der Waals surface area (Å²) in [7, 11) is 1.66. The number of allylic oxidation sites excluding steroid dienone is 2. The van der Waals surface area contributed by atoms with Gasteiger partial charge in [-0.15, -0.1) is 0 Å². The van der Waals surface area contributed by atoms with E-state index in [1.54, 1.807) is 31.3 Å². The van der Waals surface area contributed by atoms with Crippen LogP contribution in [0.5, 0.6) is 0 Å². The van der Waals surface area contributed by atoms with Gasteiger partial charge in [0.1, 0.15) is 6.04 Å². The largest absolute Gasteiger partial charge is 0.331 e. The molecule has 2 atom stereocenters. The number of carbonyl (C=O) groups excluding carboxylic acids is 4. The van der Waals surface area contributed by atoms with Crippen molar-refractivity contribution in [2.75, 3.05) is 7.05 Å². The molecular weight excluding hydrogens is 455 g/mol. The first-order valence-electron chi connectivity index (χ1n) is 10.2. The number of halogens is 2. The van der Waals surface area contributed by atoms with E-state index < -0.39 is 11.9 Å². The number of benzene rings is 1. The molecule has 0 saturated carbocycles. The summed E-state index contributed by atoms with van der Waals surface area (Å²) in [5.41, 5.74) is 2.12. The van der Waals surface area contributed by atoms with Crippen molar-refractivity contribution in [3.8, 4) is 0 Å². The Hall–Kier alpha value is -2.84. The van der Waals surface area contributed by atoms with Crippen molar-refractivity contribution >= 4 is 47.0 Å². The Balaban J connectivity index is 1.45. The topological polar surface area (TPSA) is 98.8 Å². The third-order valence-electron chi connectivity index (χ3n) is 5.81. The van der Waals surface area contributed by atoms with E-state index >= 15 is 0 Å². The van der Waals surface area contributed by atoms with Crippen LogP contribution in [0, 0.1) is 0 Å². The maximum atomic E-state index is 13.0. The molecule has 3 aliphatic rings. The third-order valence-corrected chi connectivity index (χ3v) is 6.31. The molecule has 168 valence electrons. The molecule has 1 aromatic rings. The molecule has 4 rings (SSSR count). The summed E-state index contributed by atoms with van der Waals surface area (Å²) in [5, 5.41) is 6.23. The number of hydrogen-bond acceptors (Lipinski definition) is 4. The summed E-state index contributed by atoms with van der Waals surface area (Å²) in [4.78, 5) is 52.4. The average Bonchev–Trinajstić information content (AvgIpc) is 3.05. The highest BCUT2D eigenvalue weighted by Crippen LogP contribution is 2.30. The molecule has 2 aliphatic heterocycles. The molecule has 8 nitrogen and oxygen atoms in total. The summed E-state index contributed by atoms with van der Waals surface area (Å²) in [6.45, 7) is 0.534. The van der Waals surface area contributed by atoms with Crippen LogP contribution in [0.4, 0.5) is 4.79 Å². The molecule has 1 aliphatic carbocycles. The second kappa shape index (κ2) is 8.96. The standard InChI is InChI=1S/C22H22Cl2N4O4/c1-27(22(32)25-15-8-13(23)7-14(24)9-15)10-12-3-2-4-16-17(12)11-28(21(16)31)18-5-6-19(29)26-20(18)30/h2-4,7-8,15,18H,5-6,9-11H2,1H3,(H,25,32)(H,26,29,30). The zero-order valence-corrected chi connectivity index (χ0v) is 18.9. The van der Waals surface area contributed by atoms with E-state index in [0.29, 0.717) is 28.5 Å². The Kier molecular flexibility index (Phi) is 6.26. The molecular formula is C22H22Cl2N4O4. The van der Waals surface area contributed by atoms with Gasteiger partial charge < -0.3 is 15.1 Å². The molecule has 1 fully saturated rings. The SMILES string of the molecule is CN(Cc1cccc2c1CN(C1CCC(=O)NC1=O)C2=O)C(=O)NC1C=C(Cl)C=C(Cl)C1. The summed E-state index contributed by atoms with van der Waals surface area (Å²) in [6, 6.07) is 4.06. The zero-order valence-electron chi connectivity index (χ0n) is 17.4. The number of urea groups is 1. The fourth-order valence-corrected chi connectivity index (χ4v) is 4.83. The third kappa shape index (κ3) is 4.52. The number of nitrogens with zero attached hydrogens (tertiary/aromatic N) is 2. The van der Waals surface area contributed by atoms with E-state index in [0.717, 1.165) is 11.1 Å². The molecule has 2 N–H and O–H groups in total. The van der Waals surface area contributed by atoms with E-state index in [1.165, 1.54) is 9.80 Å². The molecule has 0 aromatic heterocycles. The lowest BCUT2D eigenvalue weighted by Crippen LogP contribution is -2.52. The average molecular weight is 477 g/mol. The predicted molar refractivity (Wildman–Crippen MR) is 119 cm³/mol. The molecule has 2 unspecified atom stereocenters. The summed E-state index contributed by atoms with van der Waals surface area (Å²) < 4.78 is 0. The molecule has 10 heteroatoms. The van der Waals surface area contributed by atoms with Gasteiger partial charge in [0.05, 0.1) is 6.04 Å². The number of amides is 5. The van der Waals surface area contributed by atoms with Gasteiger partial charge in [-0.05, 0) is 35.8 Å². The Morgan fingerprint density at radius 3 is 2.78 bits per heavy atom. The van der Waals surface area contributed by atoms with Crippen molar-refractivity contribution in [1.82, 2.24) is 20.4 Å². The lowest BCUT2D eigenvalue weighted by molar-refractivity contribution is -0.136. The van der Waals surface area contributed by atoms with Gasteiger partial charge in [0.2, 0.25) is 11.8 Å². The van der Waals surface area contributed by atoms with E-state index in [-0.39, 0.29) is 43.4 Å². The quantitative estimate of drug-likeness (QED) is 0.652. The first-order chi connectivity index (χ1) is 15.2. The minimum absolute atomic E-state index is 0.200. The first-order valence-corrected chi connectivity index (χ1v) is 11.0. The Labute approximate surface area is 195 Å². The molecule has 2 heterocycles. The van der Waals surface area contributed by atoms with Gasteiger partial charge in [-0.1, -0.05) is 35.3 Å². The van der Waals surface area contributed by atoms with Gasteiger partial charge in [0.25, 0.3) is 5.91 Å². The maximum Gasteiger partial charge on any atom is 0.317 e. The Morgan fingerprint density at radius 1 is 1.28 bits per heavy atom. The zero-order chi connectivity index (χ0) is 23.0.